The third-order valence-electron chi connectivity index (χ3n) is 7.34. The number of carbonyl (C=O) groups is 2. The molecule has 0 radical (unpaired) electrons. The van der Waals surface area contributed by atoms with Crippen LogP contribution >= 0.6 is 0 Å². The van der Waals surface area contributed by atoms with Gasteiger partial charge in [0.05, 0.1) is 13.2 Å². The maximum atomic E-state index is 11.3. The Morgan fingerprint density at radius 2 is 1.00 bits per heavy atom. The quantitative estimate of drug-likeness (QED) is 0.114. The lowest BCUT2D eigenvalue weighted by molar-refractivity contribution is -0.138. The van der Waals surface area contributed by atoms with Crippen LogP contribution in [0.5, 0.6) is 0 Å². The van der Waals surface area contributed by atoms with Gasteiger partial charge in [0, 0.05) is 29.2 Å². The minimum absolute atomic E-state index is 0.0144. The Labute approximate surface area is 258 Å². The molecular formula is C38H47NO4. The van der Waals surface area contributed by atoms with E-state index in [1.54, 1.807) is 0 Å². The van der Waals surface area contributed by atoms with E-state index in [9.17, 15) is 9.59 Å². The lowest BCUT2D eigenvalue weighted by Gasteiger charge is -2.31. The normalized spacial score (nSPS) is 11.5. The molecular weight excluding hydrogens is 534 g/mol. The lowest BCUT2D eigenvalue weighted by Crippen LogP contribution is -2.19. The predicted octanol–water partition coefficient (Wildman–Crippen LogP) is 9.08. The van der Waals surface area contributed by atoms with Gasteiger partial charge in [0.1, 0.15) is 0 Å². The summed E-state index contributed by atoms with van der Waals surface area (Å²) in [5.74, 6) is -0.777. The first-order valence-electron chi connectivity index (χ1n) is 15.0. The Morgan fingerprint density at radius 1 is 0.628 bits per heavy atom. The molecule has 3 rings (SSSR count). The van der Waals surface area contributed by atoms with Gasteiger partial charge in [-0.3, -0.25) is 0 Å². The van der Waals surface area contributed by atoms with Gasteiger partial charge in [0.15, 0.2) is 0 Å². The second-order valence-electron chi connectivity index (χ2n) is 12.9. The van der Waals surface area contributed by atoms with Crippen molar-refractivity contribution in [2.45, 2.75) is 78.1 Å². The van der Waals surface area contributed by atoms with Crippen LogP contribution in [-0.2, 0) is 42.7 Å². The molecule has 0 atom stereocenters. The summed E-state index contributed by atoms with van der Waals surface area (Å²) in [6.07, 6.45) is 5.51. The first kappa shape index (κ1) is 33.4. The van der Waals surface area contributed by atoms with E-state index < -0.39 is 0 Å². The van der Waals surface area contributed by atoms with Crippen molar-refractivity contribution >= 4 is 29.0 Å². The molecule has 43 heavy (non-hydrogen) atoms. The molecule has 5 nitrogen and oxygen atoms in total. The largest absolute Gasteiger partial charge is 0.463 e. The molecule has 0 amide bonds. The summed E-state index contributed by atoms with van der Waals surface area (Å²) in [6, 6.07) is 24.2. The number of hydrogen-bond donors (Lipinski definition) is 0. The summed E-state index contributed by atoms with van der Waals surface area (Å²) in [4.78, 5) is 25.0. The number of anilines is 3. The van der Waals surface area contributed by atoms with Gasteiger partial charge < -0.3 is 14.4 Å². The zero-order valence-electron chi connectivity index (χ0n) is 26.7. The summed E-state index contributed by atoms with van der Waals surface area (Å²) >= 11 is 0. The predicted molar refractivity (Wildman–Crippen MR) is 177 cm³/mol. The molecule has 0 aliphatic carbocycles. The topological polar surface area (TPSA) is 55.8 Å². The van der Waals surface area contributed by atoms with E-state index in [4.69, 9.17) is 9.47 Å². The maximum Gasteiger partial charge on any atom is 0.330 e. The average Bonchev–Trinajstić information content (AvgIpc) is 2.97. The van der Waals surface area contributed by atoms with Crippen LogP contribution in [-0.4, -0.2) is 25.2 Å². The third kappa shape index (κ3) is 9.99. The molecule has 0 aromatic heterocycles. The van der Waals surface area contributed by atoms with E-state index in [0.29, 0.717) is 13.2 Å². The standard InChI is InChI=1S/C38H47NO4/c1-9-35(40)42-23-11-13-28-15-19-32(20-16-28)39(33-21-17-29(18-22-33)14-12-24-43-36(41)10-2)34-26-30(37(3,4)5)25-31(27-34)38(6,7)8/h9-10,15-22,25-27H,1-2,11-14,23-24H2,3-8H3. The molecule has 228 valence electrons. The number of hydrogen-bond acceptors (Lipinski definition) is 5. The Morgan fingerprint density at radius 3 is 1.33 bits per heavy atom. The average molecular weight is 582 g/mol. The number of nitrogens with zero attached hydrogens (tertiary/aromatic N) is 1. The van der Waals surface area contributed by atoms with Crippen molar-refractivity contribution in [1.82, 2.24) is 0 Å². The van der Waals surface area contributed by atoms with Crippen molar-refractivity contribution in [1.29, 1.82) is 0 Å². The van der Waals surface area contributed by atoms with Gasteiger partial charge in [-0.25, -0.2) is 9.59 Å². The Hall–Kier alpha value is -4.12. The number of esters is 2. The third-order valence-corrected chi connectivity index (χ3v) is 7.34. The van der Waals surface area contributed by atoms with E-state index in [-0.39, 0.29) is 22.8 Å². The van der Waals surface area contributed by atoms with Crippen molar-refractivity contribution in [3.8, 4) is 0 Å². The smallest absolute Gasteiger partial charge is 0.330 e. The second-order valence-corrected chi connectivity index (χ2v) is 12.9. The SMILES string of the molecule is C=CC(=O)OCCCc1ccc(N(c2ccc(CCCOC(=O)C=C)cc2)c2cc(C(C)(C)C)cc(C(C)(C)C)c2)cc1. The van der Waals surface area contributed by atoms with Gasteiger partial charge in [-0.2, -0.15) is 0 Å². The maximum absolute atomic E-state index is 11.3. The second kappa shape index (κ2) is 14.9. The minimum atomic E-state index is -0.389. The molecule has 0 spiro atoms. The highest BCUT2D eigenvalue weighted by Crippen LogP contribution is 2.40. The highest BCUT2D eigenvalue weighted by atomic mass is 16.5. The summed E-state index contributed by atoms with van der Waals surface area (Å²) in [7, 11) is 0. The van der Waals surface area contributed by atoms with E-state index in [2.05, 4.69) is 126 Å². The number of ether oxygens (including phenoxy) is 2. The number of benzene rings is 3. The molecule has 0 saturated carbocycles. The number of aryl methyl sites for hydroxylation is 2. The highest BCUT2D eigenvalue weighted by molar-refractivity contribution is 5.81. The van der Waals surface area contributed by atoms with Crippen molar-refractivity contribution in [3.63, 3.8) is 0 Å². The molecule has 0 fully saturated rings. The highest BCUT2D eigenvalue weighted by Gasteiger charge is 2.23. The van der Waals surface area contributed by atoms with Crippen LogP contribution in [0.2, 0.25) is 0 Å². The molecule has 0 saturated heterocycles. The van der Waals surface area contributed by atoms with Gasteiger partial charge in [0.2, 0.25) is 0 Å². The zero-order valence-corrected chi connectivity index (χ0v) is 26.7. The molecule has 0 aliphatic heterocycles. The van der Waals surface area contributed by atoms with Gasteiger partial charge in [-0.1, -0.05) is 85.0 Å². The molecule has 0 aliphatic rings. The summed E-state index contributed by atoms with van der Waals surface area (Å²) in [6.45, 7) is 21.2. The first-order chi connectivity index (χ1) is 20.3. The van der Waals surface area contributed by atoms with Gasteiger partial charge >= 0.3 is 11.9 Å². The minimum Gasteiger partial charge on any atom is -0.463 e. The van der Waals surface area contributed by atoms with Crippen molar-refractivity contribution in [2.24, 2.45) is 0 Å². The van der Waals surface area contributed by atoms with E-state index >= 15 is 0 Å². The molecule has 0 heterocycles. The van der Waals surface area contributed by atoms with Crippen LogP contribution in [0.3, 0.4) is 0 Å². The van der Waals surface area contributed by atoms with E-state index in [0.717, 1.165) is 42.7 Å². The fourth-order valence-electron chi connectivity index (χ4n) is 4.69. The Bertz CT molecular complexity index is 1290. The summed E-state index contributed by atoms with van der Waals surface area (Å²) in [5.41, 5.74) is 8.17. The van der Waals surface area contributed by atoms with Crippen molar-refractivity contribution < 1.29 is 19.1 Å². The van der Waals surface area contributed by atoms with E-state index in [1.165, 1.54) is 34.4 Å². The van der Waals surface area contributed by atoms with Gasteiger partial charge in [-0.05, 0) is 95.2 Å². The van der Waals surface area contributed by atoms with Crippen LogP contribution in [0.25, 0.3) is 0 Å². The number of rotatable bonds is 13. The molecule has 3 aromatic rings. The lowest BCUT2D eigenvalue weighted by atomic mass is 9.80. The fourth-order valence-corrected chi connectivity index (χ4v) is 4.69. The number of carbonyl (C=O) groups excluding carboxylic acids is 2. The van der Waals surface area contributed by atoms with E-state index in [1.807, 2.05) is 0 Å². The van der Waals surface area contributed by atoms with Crippen LogP contribution in [0, 0.1) is 0 Å². The van der Waals surface area contributed by atoms with Gasteiger partial charge in [0.25, 0.3) is 0 Å². The Balaban J connectivity index is 1.95. The van der Waals surface area contributed by atoms with Crippen molar-refractivity contribution in [2.75, 3.05) is 18.1 Å². The van der Waals surface area contributed by atoms with Crippen LogP contribution in [0.1, 0.15) is 76.6 Å². The van der Waals surface area contributed by atoms with Crippen molar-refractivity contribution in [3.05, 3.63) is 114 Å². The molecule has 5 heteroatoms. The molecule has 0 bridgehead atoms. The monoisotopic (exact) mass is 581 g/mol. The zero-order chi connectivity index (χ0) is 31.6. The fraction of sp³-hybridized carbons (Fsp3) is 0.368. The molecule has 3 aromatic carbocycles. The first-order valence-corrected chi connectivity index (χ1v) is 15.0. The summed E-state index contributed by atoms with van der Waals surface area (Å²) < 4.78 is 10.3. The van der Waals surface area contributed by atoms with Crippen LogP contribution in [0.4, 0.5) is 17.1 Å². The Kier molecular flexibility index (Phi) is 11.5. The van der Waals surface area contributed by atoms with Gasteiger partial charge in [-0.15, -0.1) is 0 Å². The van der Waals surface area contributed by atoms with Crippen LogP contribution in [0.15, 0.2) is 92.0 Å². The molecule has 0 N–H and O–H groups in total. The van der Waals surface area contributed by atoms with Crippen LogP contribution < -0.4 is 4.90 Å². The molecule has 0 unspecified atom stereocenters. The summed E-state index contributed by atoms with van der Waals surface area (Å²) in [5, 5.41) is 0.